The number of hydrogen-bond acceptors (Lipinski definition) is 5. The summed E-state index contributed by atoms with van der Waals surface area (Å²) in [5.74, 6) is 0.234. The van der Waals surface area contributed by atoms with Crippen molar-refractivity contribution in [1.82, 2.24) is 5.32 Å². The van der Waals surface area contributed by atoms with Gasteiger partial charge in [-0.25, -0.2) is 9.98 Å². The van der Waals surface area contributed by atoms with E-state index < -0.39 is 10.6 Å². The number of fused-ring (bicyclic) bond motifs is 1. The molecule has 2 heterocycles. The van der Waals surface area contributed by atoms with Gasteiger partial charge in [0.2, 0.25) is 16.1 Å². The summed E-state index contributed by atoms with van der Waals surface area (Å²) < 4.78 is 0. The van der Waals surface area contributed by atoms with Gasteiger partial charge in [0, 0.05) is 0 Å². The molecule has 1 atom stereocenters. The van der Waals surface area contributed by atoms with Crippen molar-refractivity contribution in [3.63, 3.8) is 0 Å². The molecule has 7 nitrogen and oxygen atoms in total. The third kappa shape index (κ3) is 1.25. The number of amidine groups is 2. The van der Waals surface area contributed by atoms with Gasteiger partial charge in [-0.1, -0.05) is 11.6 Å². The SMILES string of the molecule is CC1=NC2=NC(=S)NC2([N+](=O)[O-])C(Cl)=N1. The van der Waals surface area contributed by atoms with Crippen molar-refractivity contribution < 1.29 is 4.92 Å². The predicted octanol–water partition coefficient (Wildman–Crippen LogP) is 0.315. The highest BCUT2D eigenvalue weighted by Crippen LogP contribution is 2.24. The zero-order valence-corrected chi connectivity index (χ0v) is 8.96. The summed E-state index contributed by atoms with van der Waals surface area (Å²) in [4.78, 5) is 21.7. The van der Waals surface area contributed by atoms with Crippen LogP contribution in [-0.2, 0) is 0 Å². The summed E-state index contributed by atoms with van der Waals surface area (Å²) in [5, 5.41) is 13.1. The number of hydrogen-bond donors (Lipinski definition) is 1. The van der Waals surface area contributed by atoms with Crippen LogP contribution in [0.3, 0.4) is 0 Å². The summed E-state index contributed by atoms with van der Waals surface area (Å²) in [7, 11) is 0. The molecule has 0 amide bonds. The van der Waals surface area contributed by atoms with Crippen LogP contribution < -0.4 is 5.32 Å². The Morgan fingerprint density at radius 2 is 2.20 bits per heavy atom. The molecular weight excluding hydrogens is 242 g/mol. The molecule has 9 heteroatoms. The minimum Gasteiger partial charge on any atom is -0.283 e. The molecule has 1 N–H and O–H groups in total. The summed E-state index contributed by atoms with van der Waals surface area (Å²) in [5.41, 5.74) is -1.89. The number of nitrogens with zero attached hydrogens (tertiary/aromatic N) is 4. The summed E-state index contributed by atoms with van der Waals surface area (Å²) in [6.07, 6.45) is 0. The van der Waals surface area contributed by atoms with Crippen molar-refractivity contribution in [2.24, 2.45) is 15.0 Å². The van der Waals surface area contributed by atoms with Gasteiger partial charge in [0.1, 0.15) is 5.84 Å². The second-order valence-electron chi connectivity index (χ2n) is 2.89. The zero-order chi connectivity index (χ0) is 11.2. The van der Waals surface area contributed by atoms with Crippen molar-refractivity contribution in [1.29, 1.82) is 0 Å². The molecule has 0 aliphatic carbocycles. The number of nitrogens with one attached hydrogen (secondary N) is 1. The first-order chi connectivity index (χ1) is 6.96. The number of rotatable bonds is 1. The second kappa shape index (κ2) is 3.04. The lowest BCUT2D eigenvalue weighted by molar-refractivity contribution is -0.528. The van der Waals surface area contributed by atoms with Gasteiger partial charge in [0.25, 0.3) is 0 Å². The fourth-order valence-electron chi connectivity index (χ4n) is 1.27. The standard InChI is InChI=1S/C6H4ClN5O2S/c1-2-8-3(7)6(12(13)14)4(9-2)10-5(15)11-6/h1H3,(H,11,15). The number of halogens is 1. The third-order valence-corrected chi connectivity index (χ3v) is 2.47. The molecule has 0 aromatic carbocycles. The average Bonchev–Trinajstić information content (AvgIpc) is 2.42. The van der Waals surface area contributed by atoms with Gasteiger partial charge in [-0.15, -0.1) is 0 Å². The number of thiocarbonyl (C=S) groups is 1. The highest BCUT2D eigenvalue weighted by Gasteiger charge is 2.59. The molecule has 0 aromatic rings. The maximum absolute atomic E-state index is 11.0. The monoisotopic (exact) mass is 245 g/mol. The Balaban J connectivity index is 2.64. The Hall–Kier alpha value is -1.41. The van der Waals surface area contributed by atoms with E-state index >= 15 is 0 Å². The third-order valence-electron chi connectivity index (χ3n) is 1.92. The number of aliphatic imine (C=N–C) groups is 3. The highest BCUT2D eigenvalue weighted by atomic mass is 35.5. The van der Waals surface area contributed by atoms with Crippen molar-refractivity contribution in [3.05, 3.63) is 10.1 Å². The maximum Gasteiger partial charge on any atom is 0.409 e. The Labute approximate surface area is 94.1 Å². The molecule has 2 aliphatic rings. The van der Waals surface area contributed by atoms with Crippen LogP contribution in [0.2, 0.25) is 0 Å². The van der Waals surface area contributed by atoms with Gasteiger partial charge in [-0.05, 0) is 19.1 Å². The van der Waals surface area contributed by atoms with Gasteiger partial charge in [-0.2, -0.15) is 4.99 Å². The van der Waals surface area contributed by atoms with E-state index in [9.17, 15) is 10.1 Å². The number of nitro groups is 1. The molecule has 0 radical (unpaired) electrons. The molecule has 15 heavy (non-hydrogen) atoms. The predicted molar refractivity (Wildman–Crippen MR) is 59.3 cm³/mol. The van der Waals surface area contributed by atoms with Gasteiger partial charge >= 0.3 is 5.66 Å². The lowest BCUT2D eigenvalue weighted by Gasteiger charge is -2.20. The van der Waals surface area contributed by atoms with Crippen LogP contribution in [0.1, 0.15) is 6.92 Å². The molecule has 2 rings (SSSR count). The topological polar surface area (TPSA) is 92.2 Å². The zero-order valence-electron chi connectivity index (χ0n) is 7.39. The Kier molecular flexibility index (Phi) is 2.05. The van der Waals surface area contributed by atoms with Crippen LogP contribution in [0.25, 0.3) is 0 Å². The van der Waals surface area contributed by atoms with E-state index in [2.05, 4.69) is 20.3 Å². The summed E-state index contributed by atoms with van der Waals surface area (Å²) in [6.45, 7) is 1.57. The lowest BCUT2D eigenvalue weighted by atomic mass is 10.1. The first-order valence-corrected chi connectivity index (χ1v) is 4.61. The Morgan fingerprint density at radius 3 is 2.80 bits per heavy atom. The van der Waals surface area contributed by atoms with Crippen LogP contribution in [0.15, 0.2) is 15.0 Å². The summed E-state index contributed by atoms with van der Waals surface area (Å²) >= 11 is 10.5. The average molecular weight is 246 g/mol. The first-order valence-electron chi connectivity index (χ1n) is 3.82. The molecule has 2 aliphatic heterocycles. The molecule has 0 bridgehead atoms. The maximum atomic E-state index is 11.0. The van der Waals surface area contributed by atoms with Crippen LogP contribution in [0.4, 0.5) is 0 Å². The molecule has 1 unspecified atom stereocenters. The quantitative estimate of drug-likeness (QED) is 0.409. The van der Waals surface area contributed by atoms with Crippen molar-refractivity contribution in [3.8, 4) is 0 Å². The van der Waals surface area contributed by atoms with Crippen LogP contribution in [0, 0.1) is 10.1 Å². The molecule has 0 aromatic heterocycles. The molecule has 78 valence electrons. The largest absolute Gasteiger partial charge is 0.409 e. The lowest BCUT2D eigenvalue weighted by Crippen LogP contribution is -2.60. The smallest absolute Gasteiger partial charge is 0.283 e. The van der Waals surface area contributed by atoms with Gasteiger partial charge in [0.15, 0.2) is 0 Å². The Bertz CT molecular complexity index is 470. The molecule has 0 fully saturated rings. The Morgan fingerprint density at radius 1 is 1.53 bits per heavy atom. The minimum absolute atomic E-state index is 0.0199. The van der Waals surface area contributed by atoms with E-state index in [0.29, 0.717) is 5.84 Å². The van der Waals surface area contributed by atoms with Crippen molar-refractivity contribution in [2.75, 3.05) is 0 Å². The van der Waals surface area contributed by atoms with E-state index in [1.54, 1.807) is 6.92 Å². The summed E-state index contributed by atoms with van der Waals surface area (Å²) in [6, 6.07) is 0. The van der Waals surface area contributed by atoms with E-state index in [1.165, 1.54) is 0 Å². The van der Waals surface area contributed by atoms with E-state index in [1.807, 2.05) is 0 Å². The normalized spacial score (nSPS) is 28.7. The second-order valence-corrected chi connectivity index (χ2v) is 3.64. The van der Waals surface area contributed by atoms with E-state index in [0.717, 1.165) is 0 Å². The van der Waals surface area contributed by atoms with Crippen molar-refractivity contribution >= 4 is 45.8 Å². The first kappa shape index (κ1) is 10.1. The van der Waals surface area contributed by atoms with Gasteiger partial charge in [0.05, 0.1) is 4.92 Å². The fourth-order valence-corrected chi connectivity index (χ4v) is 1.83. The van der Waals surface area contributed by atoms with E-state index in [-0.39, 0.29) is 16.1 Å². The molecule has 0 saturated heterocycles. The van der Waals surface area contributed by atoms with Gasteiger partial charge < -0.3 is 0 Å². The van der Waals surface area contributed by atoms with Crippen LogP contribution >= 0.6 is 23.8 Å². The highest BCUT2D eigenvalue weighted by molar-refractivity contribution is 7.80. The van der Waals surface area contributed by atoms with Gasteiger partial charge in [-0.3, -0.25) is 15.4 Å². The van der Waals surface area contributed by atoms with Crippen molar-refractivity contribution in [2.45, 2.75) is 12.6 Å². The van der Waals surface area contributed by atoms with Crippen LogP contribution in [-0.4, -0.2) is 32.5 Å². The minimum atomic E-state index is -1.89. The van der Waals surface area contributed by atoms with E-state index in [4.69, 9.17) is 23.8 Å². The molecule has 0 spiro atoms. The molecule has 0 saturated carbocycles. The fraction of sp³-hybridized carbons (Fsp3) is 0.333. The van der Waals surface area contributed by atoms with Crippen LogP contribution in [0.5, 0.6) is 0 Å². The molecular formula is C6H4ClN5O2S.